The Morgan fingerprint density at radius 1 is 1.67 bits per heavy atom. The number of hydrogen-bond acceptors (Lipinski definition) is 3. The van der Waals surface area contributed by atoms with E-state index >= 15 is 0 Å². The van der Waals surface area contributed by atoms with Gasteiger partial charge in [0, 0.05) is 0 Å². The first-order valence-electron chi connectivity index (χ1n) is 2.60. The van der Waals surface area contributed by atoms with E-state index < -0.39 is 15.4 Å². The molecule has 0 aliphatic heterocycles. The van der Waals surface area contributed by atoms with Gasteiger partial charge in [-0.05, 0) is 20.0 Å². The van der Waals surface area contributed by atoms with Crippen LogP contribution in [0.15, 0.2) is 0 Å². The van der Waals surface area contributed by atoms with Crippen molar-refractivity contribution in [2.45, 2.75) is 11.1 Å². The Balaban J connectivity index is 3.38. The highest BCUT2D eigenvalue weighted by Crippen LogP contribution is 1.99. The van der Waals surface area contributed by atoms with Crippen molar-refractivity contribution >= 4 is 22.3 Å². The molecule has 0 aromatic heterocycles. The van der Waals surface area contributed by atoms with Crippen molar-refractivity contribution in [3.63, 3.8) is 0 Å². The highest BCUT2D eigenvalue weighted by Gasteiger charge is 2.03. The number of nitrogens with one attached hydrogen (secondary N) is 1. The zero-order valence-electron chi connectivity index (χ0n) is 5.13. The van der Waals surface area contributed by atoms with Crippen LogP contribution in [0.25, 0.3) is 0 Å². The lowest BCUT2D eigenvalue weighted by Gasteiger charge is -1.98. The van der Waals surface area contributed by atoms with Crippen molar-refractivity contribution in [3.05, 3.63) is 0 Å². The fourth-order valence-corrected chi connectivity index (χ4v) is 0.818. The van der Waals surface area contributed by atoms with E-state index in [4.69, 9.17) is 11.6 Å². The van der Waals surface area contributed by atoms with E-state index in [1.807, 2.05) is 0 Å². The lowest BCUT2D eigenvalue weighted by Crippen LogP contribution is -2.13. The molecule has 56 valence electrons. The molecule has 0 saturated heterocycles. The average molecular weight is 172 g/mol. The molecule has 0 radical (unpaired) electrons. The van der Waals surface area contributed by atoms with E-state index in [-0.39, 0.29) is 0 Å². The summed E-state index contributed by atoms with van der Waals surface area (Å²) in [7, 11) is -0.696. The highest BCUT2D eigenvalue weighted by atomic mass is 35.5. The van der Waals surface area contributed by atoms with Crippen LogP contribution in [0.5, 0.6) is 0 Å². The Kier molecular flexibility index (Phi) is 5.13. The number of hydrogen-bond donors (Lipinski definition) is 2. The van der Waals surface area contributed by atoms with Gasteiger partial charge in [-0.2, -0.15) is 0 Å². The summed E-state index contributed by atoms with van der Waals surface area (Å²) in [5.74, 6) is 0. The third kappa shape index (κ3) is 4.69. The first-order chi connectivity index (χ1) is 4.18. The minimum atomic E-state index is -2.45. The summed E-state index contributed by atoms with van der Waals surface area (Å²) >= 11 is 5.36. The second-order valence-electron chi connectivity index (χ2n) is 1.61. The largest absolute Gasteiger partial charge is 0.320 e. The van der Waals surface area contributed by atoms with Crippen LogP contribution in [0.3, 0.4) is 0 Å². The van der Waals surface area contributed by atoms with Crippen molar-refractivity contribution in [1.29, 1.82) is 0 Å². The Bertz CT molecular complexity index is 129. The third-order valence-electron chi connectivity index (χ3n) is 0.861. The Labute approximate surface area is 61.3 Å². The lowest BCUT2D eigenvalue weighted by atomic mass is 10.5. The molecule has 0 heterocycles. The van der Waals surface area contributed by atoms with Gasteiger partial charge in [-0.1, -0.05) is 0 Å². The van der Waals surface area contributed by atoms with Crippen LogP contribution >= 0.6 is 11.6 Å². The molecule has 0 aromatic carbocycles. The fourth-order valence-electron chi connectivity index (χ4n) is 0.369. The van der Waals surface area contributed by atoms with Gasteiger partial charge in [-0.3, -0.25) is 0 Å². The van der Waals surface area contributed by atoms with Crippen molar-refractivity contribution in [2.75, 3.05) is 13.6 Å². The molecule has 0 aromatic rings. The van der Waals surface area contributed by atoms with E-state index in [0.29, 0.717) is 13.0 Å². The zero-order chi connectivity index (χ0) is 7.28. The monoisotopic (exact) mass is 171 g/mol. The van der Waals surface area contributed by atoms with Crippen LogP contribution in [0.1, 0.15) is 6.42 Å². The number of halogens is 1. The molecule has 0 spiro atoms. The first-order valence-corrected chi connectivity index (χ1v) is 4.29. The first kappa shape index (κ1) is 9.20. The van der Waals surface area contributed by atoms with Gasteiger partial charge >= 0.3 is 0 Å². The Morgan fingerprint density at radius 2 is 2.22 bits per heavy atom. The molecule has 0 saturated carbocycles. The SMILES string of the molecule is CNCCC(Cl)[SH](=O)=O. The molecule has 5 heteroatoms. The minimum Gasteiger partial charge on any atom is -0.320 e. The van der Waals surface area contributed by atoms with Crippen LogP contribution in [0, 0.1) is 0 Å². The van der Waals surface area contributed by atoms with E-state index in [1.54, 1.807) is 7.05 Å². The molecule has 3 nitrogen and oxygen atoms in total. The number of thiol groups is 1. The van der Waals surface area contributed by atoms with Crippen molar-refractivity contribution in [3.8, 4) is 0 Å². The molecular formula is C4H10ClNO2S. The highest BCUT2D eigenvalue weighted by molar-refractivity contribution is 7.74. The molecule has 0 aliphatic carbocycles. The van der Waals surface area contributed by atoms with Crippen LogP contribution in [0.4, 0.5) is 0 Å². The molecule has 0 rings (SSSR count). The van der Waals surface area contributed by atoms with Gasteiger partial charge in [0.15, 0.2) is 10.7 Å². The van der Waals surface area contributed by atoms with Gasteiger partial charge in [0.2, 0.25) is 0 Å². The standard InChI is InChI=1S/C4H10ClNO2S/c1-6-3-2-4(5)9(7)8/h4,6,9H,2-3H2,1H3. The van der Waals surface area contributed by atoms with Gasteiger partial charge < -0.3 is 5.32 Å². The van der Waals surface area contributed by atoms with Gasteiger partial charge in [0.05, 0.1) is 0 Å². The van der Waals surface area contributed by atoms with Crippen molar-refractivity contribution in [1.82, 2.24) is 5.32 Å². The fraction of sp³-hybridized carbons (Fsp3) is 1.00. The van der Waals surface area contributed by atoms with Gasteiger partial charge in [-0.15, -0.1) is 11.6 Å². The maximum absolute atomic E-state index is 10.1. The smallest absolute Gasteiger partial charge is 0.156 e. The lowest BCUT2D eigenvalue weighted by molar-refractivity contribution is 0.606. The molecular weight excluding hydrogens is 162 g/mol. The van der Waals surface area contributed by atoms with Gasteiger partial charge in [0.25, 0.3) is 0 Å². The predicted molar refractivity (Wildman–Crippen MR) is 38.5 cm³/mol. The molecule has 9 heavy (non-hydrogen) atoms. The molecule has 1 unspecified atom stereocenters. The Hall–Kier alpha value is 0.200. The van der Waals surface area contributed by atoms with Gasteiger partial charge in [-0.25, -0.2) is 8.42 Å². The predicted octanol–water partition coefficient (Wildman–Crippen LogP) is -0.228. The molecule has 0 fully saturated rings. The topological polar surface area (TPSA) is 46.2 Å². The second-order valence-corrected chi connectivity index (χ2v) is 3.64. The Morgan fingerprint density at radius 3 is 2.56 bits per heavy atom. The van der Waals surface area contributed by atoms with E-state index in [2.05, 4.69) is 5.32 Å². The molecule has 0 amide bonds. The summed E-state index contributed by atoms with van der Waals surface area (Å²) in [6.07, 6.45) is 0.469. The van der Waals surface area contributed by atoms with Crippen molar-refractivity contribution in [2.24, 2.45) is 0 Å². The van der Waals surface area contributed by atoms with Crippen molar-refractivity contribution < 1.29 is 8.42 Å². The normalized spacial score (nSPS) is 14.1. The number of alkyl halides is 1. The van der Waals surface area contributed by atoms with E-state index in [0.717, 1.165) is 0 Å². The quantitative estimate of drug-likeness (QED) is 0.454. The molecule has 0 bridgehead atoms. The third-order valence-corrected chi connectivity index (χ3v) is 2.27. The average Bonchev–Trinajstić information content (AvgIpc) is 1.82. The summed E-state index contributed by atoms with van der Waals surface area (Å²) in [4.78, 5) is 0. The van der Waals surface area contributed by atoms with E-state index in [9.17, 15) is 8.42 Å². The molecule has 1 atom stereocenters. The van der Waals surface area contributed by atoms with Crippen LogP contribution < -0.4 is 5.32 Å². The van der Waals surface area contributed by atoms with Gasteiger partial charge in [0.1, 0.15) is 4.71 Å². The summed E-state index contributed by atoms with van der Waals surface area (Å²) < 4.78 is 19.4. The van der Waals surface area contributed by atoms with Crippen LogP contribution in [-0.2, 0) is 10.7 Å². The maximum Gasteiger partial charge on any atom is 0.156 e. The van der Waals surface area contributed by atoms with Crippen LogP contribution in [0.2, 0.25) is 0 Å². The minimum absolute atomic E-state index is 0.469. The second kappa shape index (κ2) is 5.02. The maximum atomic E-state index is 10.1. The molecule has 1 N–H and O–H groups in total. The summed E-state index contributed by atoms with van der Waals surface area (Å²) in [6, 6.07) is 0. The van der Waals surface area contributed by atoms with E-state index in [1.165, 1.54) is 0 Å². The zero-order valence-corrected chi connectivity index (χ0v) is 6.78. The molecule has 0 aliphatic rings. The summed E-state index contributed by atoms with van der Waals surface area (Å²) in [5.41, 5.74) is 0. The number of rotatable bonds is 4. The van der Waals surface area contributed by atoms with Crippen LogP contribution in [-0.4, -0.2) is 26.7 Å². The summed E-state index contributed by atoms with van der Waals surface area (Å²) in [5, 5.41) is 2.80. The summed E-state index contributed by atoms with van der Waals surface area (Å²) in [6.45, 7) is 0.636.